The number of hydrogen-bond acceptors (Lipinski definition) is 5. The van der Waals surface area contributed by atoms with Crippen LogP contribution < -0.4 is 20.7 Å². The van der Waals surface area contributed by atoms with Crippen molar-refractivity contribution in [3.8, 4) is 5.75 Å². The Kier molecular flexibility index (Phi) is 9.22. The van der Waals surface area contributed by atoms with Crippen LogP contribution in [0.25, 0.3) is 0 Å². The number of carbonyl (C=O) groups excluding carboxylic acids is 2. The Labute approximate surface area is 189 Å². The highest BCUT2D eigenvalue weighted by molar-refractivity contribution is 9.10. The summed E-state index contributed by atoms with van der Waals surface area (Å²) in [4.78, 5) is 24.3. The first-order chi connectivity index (χ1) is 14.3. The normalized spacial score (nSPS) is 10.4. The summed E-state index contributed by atoms with van der Waals surface area (Å²) >= 11 is 8.63. The predicted molar refractivity (Wildman–Crippen MR) is 125 cm³/mol. The van der Waals surface area contributed by atoms with E-state index in [0.29, 0.717) is 40.4 Å². The number of thiocarbonyl (C=S) groups is 1. The SMILES string of the molecule is COCCOc1ccc(C(=O)NC(=S)Nc2cccc(NC(=O)C(C)C)c2)cc1Br. The van der Waals surface area contributed by atoms with Crippen LogP contribution >= 0.6 is 28.1 Å². The maximum Gasteiger partial charge on any atom is 0.257 e. The number of halogens is 1. The Morgan fingerprint density at radius 1 is 1.07 bits per heavy atom. The molecule has 0 aliphatic rings. The largest absolute Gasteiger partial charge is 0.490 e. The molecule has 0 unspecified atom stereocenters. The molecule has 0 heterocycles. The molecule has 3 N–H and O–H groups in total. The van der Waals surface area contributed by atoms with Crippen LogP contribution in [-0.2, 0) is 9.53 Å². The van der Waals surface area contributed by atoms with Gasteiger partial charge in [-0.25, -0.2) is 0 Å². The van der Waals surface area contributed by atoms with Gasteiger partial charge in [0.2, 0.25) is 5.91 Å². The van der Waals surface area contributed by atoms with Crippen molar-refractivity contribution in [1.82, 2.24) is 5.32 Å². The number of methoxy groups -OCH3 is 1. The number of carbonyl (C=O) groups is 2. The highest BCUT2D eigenvalue weighted by Crippen LogP contribution is 2.26. The average Bonchev–Trinajstić information content (AvgIpc) is 2.69. The summed E-state index contributed by atoms with van der Waals surface area (Å²) in [7, 11) is 1.60. The lowest BCUT2D eigenvalue weighted by Crippen LogP contribution is -2.34. The molecule has 0 bridgehead atoms. The molecule has 160 valence electrons. The summed E-state index contributed by atoms with van der Waals surface area (Å²) in [6.45, 7) is 4.51. The third-order valence-corrected chi connectivity index (χ3v) is 4.70. The van der Waals surface area contributed by atoms with Crippen LogP contribution in [0.15, 0.2) is 46.9 Å². The van der Waals surface area contributed by atoms with E-state index >= 15 is 0 Å². The number of benzene rings is 2. The number of rotatable bonds is 8. The Balaban J connectivity index is 1.95. The summed E-state index contributed by atoms with van der Waals surface area (Å²) in [6, 6.07) is 12.1. The van der Waals surface area contributed by atoms with Crippen molar-refractivity contribution in [2.45, 2.75) is 13.8 Å². The number of anilines is 2. The molecule has 0 saturated heterocycles. The Bertz CT molecular complexity index is 921. The number of amides is 2. The fourth-order valence-corrected chi connectivity index (χ4v) is 3.00. The van der Waals surface area contributed by atoms with Crippen LogP contribution in [-0.4, -0.2) is 37.3 Å². The van der Waals surface area contributed by atoms with Crippen molar-refractivity contribution in [3.63, 3.8) is 0 Å². The van der Waals surface area contributed by atoms with Crippen LogP contribution in [0.4, 0.5) is 11.4 Å². The first kappa shape index (κ1) is 23.8. The maximum absolute atomic E-state index is 12.5. The van der Waals surface area contributed by atoms with Gasteiger partial charge >= 0.3 is 0 Å². The number of hydrogen-bond donors (Lipinski definition) is 3. The smallest absolute Gasteiger partial charge is 0.257 e. The van der Waals surface area contributed by atoms with Crippen molar-refractivity contribution in [1.29, 1.82) is 0 Å². The molecule has 0 aliphatic carbocycles. The molecular formula is C21H24BrN3O4S. The lowest BCUT2D eigenvalue weighted by Gasteiger charge is -2.13. The summed E-state index contributed by atoms with van der Waals surface area (Å²) in [6.07, 6.45) is 0. The Morgan fingerprint density at radius 2 is 1.77 bits per heavy atom. The first-order valence-corrected chi connectivity index (χ1v) is 10.4. The lowest BCUT2D eigenvalue weighted by molar-refractivity contribution is -0.118. The molecule has 2 amide bonds. The second-order valence-corrected chi connectivity index (χ2v) is 7.88. The molecule has 2 aromatic rings. The van der Waals surface area contributed by atoms with Gasteiger partial charge in [-0.3, -0.25) is 14.9 Å². The Hall–Kier alpha value is -2.49. The van der Waals surface area contributed by atoms with E-state index in [9.17, 15) is 9.59 Å². The third kappa shape index (κ3) is 7.40. The predicted octanol–water partition coefficient (Wildman–Crippen LogP) is 4.20. The molecule has 0 saturated carbocycles. The van der Waals surface area contributed by atoms with Crippen LogP contribution in [0.2, 0.25) is 0 Å². The van der Waals surface area contributed by atoms with E-state index < -0.39 is 0 Å². The van der Waals surface area contributed by atoms with Gasteiger partial charge in [-0.15, -0.1) is 0 Å². The third-order valence-electron chi connectivity index (χ3n) is 3.88. The van der Waals surface area contributed by atoms with E-state index in [4.69, 9.17) is 21.7 Å². The summed E-state index contributed by atoms with van der Waals surface area (Å²) in [5.41, 5.74) is 1.70. The molecule has 0 fully saturated rings. The van der Waals surface area contributed by atoms with E-state index in [0.717, 1.165) is 0 Å². The highest BCUT2D eigenvalue weighted by Gasteiger charge is 2.12. The molecule has 7 nitrogen and oxygen atoms in total. The second-order valence-electron chi connectivity index (χ2n) is 6.62. The molecule has 30 heavy (non-hydrogen) atoms. The van der Waals surface area contributed by atoms with Gasteiger partial charge in [0.15, 0.2) is 5.11 Å². The molecular weight excluding hydrogens is 470 g/mol. The molecule has 0 aromatic heterocycles. The van der Waals surface area contributed by atoms with E-state index in [1.165, 1.54) is 0 Å². The summed E-state index contributed by atoms with van der Waals surface area (Å²) in [5.74, 6) is 0.0480. The molecule has 2 aromatic carbocycles. The minimum absolute atomic E-state index is 0.0803. The average molecular weight is 494 g/mol. The van der Waals surface area contributed by atoms with Crippen LogP contribution in [0.5, 0.6) is 5.75 Å². The fraction of sp³-hybridized carbons (Fsp3) is 0.286. The van der Waals surface area contributed by atoms with Crippen LogP contribution in [0, 0.1) is 5.92 Å². The van der Waals surface area contributed by atoms with Crippen LogP contribution in [0.3, 0.4) is 0 Å². The molecule has 0 radical (unpaired) electrons. The van der Waals surface area contributed by atoms with Crippen molar-refractivity contribution in [2.24, 2.45) is 5.92 Å². The zero-order chi connectivity index (χ0) is 22.1. The van der Waals surface area contributed by atoms with Gasteiger partial charge in [0, 0.05) is 30.0 Å². The minimum atomic E-state index is -0.360. The Morgan fingerprint density at radius 3 is 2.40 bits per heavy atom. The monoisotopic (exact) mass is 493 g/mol. The maximum atomic E-state index is 12.5. The molecule has 9 heteroatoms. The fourth-order valence-electron chi connectivity index (χ4n) is 2.29. The number of ether oxygens (including phenoxy) is 2. The van der Waals surface area contributed by atoms with E-state index in [1.54, 1.807) is 49.6 Å². The molecule has 2 rings (SSSR count). The summed E-state index contributed by atoms with van der Waals surface area (Å²) in [5, 5.41) is 8.54. The van der Waals surface area contributed by atoms with E-state index in [2.05, 4.69) is 31.9 Å². The lowest BCUT2D eigenvalue weighted by atomic mass is 10.2. The minimum Gasteiger partial charge on any atom is -0.490 e. The van der Waals surface area contributed by atoms with Crippen molar-refractivity contribution < 1.29 is 19.1 Å². The zero-order valence-corrected chi connectivity index (χ0v) is 19.4. The molecule has 0 aliphatic heterocycles. The zero-order valence-electron chi connectivity index (χ0n) is 17.0. The second kappa shape index (κ2) is 11.6. The highest BCUT2D eigenvalue weighted by atomic mass is 79.9. The van der Waals surface area contributed by atoms with Crippen molar-refractivity contribution >= 4 is 56.4 Å². The van der Waals surface area contributed by atoms with Gasteiger partial charge in [0.25, 0.3) is 5.91 Å². The van der Waals surface area contributed by atoms with E-state index in [-0.39, 0.29) is 22.8 Å². The summed E-state index contributed by atoms with van der Waals surface area (Å²) < 4.78 is 11.2. The topological polar surface area (TPSA) is 88.7 Å². The molecule has 0 atom stereocenters. The van der Waals surface area contributed by atoms with Crippen molar-refractivity contribution in [3.05, 3.63) is 52.5 Å². The van der Waals surface area contributed by atoms with Crippen molar-refractivity contribution in [2.75, 3.05) is 31.0 Å². The van der Waals surface area contributed by atoms with Crippen LogP contribution in [0.1, 0.15) is 24.2 Å². The van der Waals surface area contributed by atoms with Gasteiger partial charge in [0.05, 0.1) is 11.1 Å². The van der Waals surface area contributed by atoms with Gasteiger partial charge in [-0.1, -0.05) is 19.9 Å². The van der Waals surface area contributed by atoms with Gasteiger partial charge in [-0.05, 0) is 64.5 Å². The first-order valence-electron chi connectivity index (χ1n) is 9.24. The standard InChI is InChI=1S/C21H24BrN3O4S/c1-13(2)19(26)23-15-5-4-6-16(12-15)24-21(30)25-20(27)14-7-8-18(17(22)11-14)29-10-9-28-3/h4-8,11-13H,9-10H2,1-3H3,(H,23,26)(H2,24,25,27,30). The van der Waals surface area contributed by atoms with Gasteiger partial charge in [-0.2, -0.15) is 0 Å². The van der Waals surface area contributed by atoms with E-state index in [1.807, 2.05) is 13.8 Å². The van der Waals surface area contributed by atoms with Gasteiger partial charge < -0.3 is 20.1 Å². The number of nitrogens with one attached hydrogen (secondary N) is 3. The quantitative estimate of drug-likeness (QED) is 0.377. The van der Waals surface area contributed by atoms with Gasteiger partial charge in [0.1, 0.15) is 12.4 Å². The molecule has 0 spiro atoms.